The highest BCUT2D eigenvalue weighted by Crippen LogP contribution is 2.26. The van der Waals surface area contributed by atoms with Crippen molar-refractivity contribution < 1.29 is 13.2 Å². The second-order valence-corrected chi connectivity index (χ2v) is 6.71. The Hall–Kier alpha value is -0.490. The maximum atomic E-state index is 11.6. The fraction of sp³-hybridized carbons (Fsp3) is 0.125. The van der Waals surface area contributed by atoms with Gasteiger partial charge < -0.3 is 0 Å². The minimum atomic E-state index is -4.00. The van der Waals surface area contributed by atoms with Gasteiger partial charge in [0.2, 0.25) is 0 Å². The quantitative estimate of drug-likeness (QED) is 0.848. The Labute approximate surface area is 108 Å². The highest BCUT2D eigenvalue weighted by molar-refractivity contribution is 7.90. The van der Waals surface area contributed by atoms with Crippen LogP contribution in [0.1, 0.15) is 0 Å². The summed E-state index contributed by atoms with van der Waals surface area (Å²) in [5, 5.41) is 0. The van der Waals surface area contributed by atoms with Gasteiger partial charge in [-0.25, -0.2) is 13.1 Å². The third-order valence-corrected chi connectivity index (χ3v) is 3.40. The zero-order valence-electron chi connectivity index (χ0n) is 7.65. The zero-order chi connectivity index (χ0) is 12.4. The molecule has 0 aliphatic carbocycles. The van der Waals surface area contributed by atoms with E-state index >= 15 is 0 Å². The molecule has 0 saturated carbocycles. The molecule has 1 amide bonds. The summed E-state index contributed by atoms with van der Waals surface area (Å²) >= 11 is 15.7. The van der Waals surface area contributed by atoms with Crippen molar-refractivity contribution in [3.8, 4) is 0 Å². The monoisotopic (exact) mass is 301 g/mol. The van der Waals surface area contributed by atoms with Crippen molar-refractivity contribution in [1.29, 1.82) is 0 Å². The van der Waals surface area contributed by atoms with Crippen molar-refractivity contribution in [3.05, 3.63) is 30.3 Å². The van der Waals surface area contributed by atoms with Crippen LogP contribution in [0.15, 0.2) is 35.2 Å². The molecule has 16 heavy (non-hydrogen) atoms. The molecule has 0 unspecified atom stereocenters. The van der Waals surface area contributed by atoms with Gasteiger partial charge in [0.15, 0.2) is 0 Å². The summed E-state index contributed by atoms with van der Waals surface area (Å²) in [6.45, 7) is 0. The van der Waals surface area contributed by atoms with Gasteiger partial charge in [-0.05, 0) is 12.1 Å². The van der Waals surface area contributed by atoms with E-state index in [0.717, 1.165) is 0 Å². The molecule has 0 bridgehead atoms. The predicted octanol–water partition coefficient (Wildman–Crippen LogP) is 1.86. The molecule has 0 saturated heterocycles. The van der Waals surface area contributed by atoms with Crippen LogP contribution in [0.5, 0.6) is 0 Å². The number of nitrogens with one attached hydrogen (secondary N) is 1. The average Bonchev–Trinajstić information content (AvgIpc) is 2.17. The lowest BCUT2D eigenvalue weighted by Crippen LogP contribution is -2.38. The third-order valence-electron chi connectivity index (χ3n) is 1.54. The lowest BCUT2D eigenvalue weighted by molar-refractivity contribution is -0.118. The van der Waals surface area contributed by atoms with Crippen molar-refractivity contribution in [2.45, 2.75) is 8.69 Å². The van der Waals surface area contributed by atoms with Crippen LogP contribution < -0.4 is 4.72 Å². The zero-order valence-corrected chi connectivity index (χ0v) is 10.7. The number of hydrogen-bond donors (Lipinski definition) is 1. The van der Waals surface area contributed by atoms with Crippen molar-refractivity contribution in [1.82, 2.24) is 4.72 Å². The maximum Gasteiger partial charge on any atom is 0.285 e. The summed E-state index contributed by atoms with van der Waals surface area (Å²) in [5.74, 6) is -1.22. The number of hydrogen-bond acceptors (Lipinski definition) is 3. The Bertz CT molecular complexity index is 481. The Kier molecular flexibility index (Phi) is 4.07. The molecule has 1 aromatic carbocycles. The molecule has 0 heterocycles. The van der Waals surface area contributed by atoms with E-state index in [4.69, 9.17) is 34.8 Å². The third kappa shape index (κ3) is 3.52. The van der Waals surface area contributed by atoms with Crippen molar-refractivity contribution in [2.75, 3.05) is 0 Å². The number of halogens is 3. The summed E-state index contributed by atoms with van der Waals surface area (Å²) in [7, 11) is -4.00. The smallest absolute Gasteiger partial charge is 0.269 e. The van der Waals surface area contributed by atoms with E-state index in [2.05, 4.69) is 0 Å². The van der Waals surface area contributed by atoms with Crippen LogP contribution in [-0.2, 0) is 14.8 Å². The number of amides is 1. The molecule has 8 heteroatoms. The molecule has 0 radical (unpaired) electrons. The molecule has 4 nitrogen and oxygen atoms in total. The van der Waals surface area contributed by atoms with E-state index in [-0.39, 0.29) is 4.90 Å². The number of carbonyl (C=O) groups is 1. The lowest BCUT2D eigenvalue weighted by Gasteiger charge is -2.11. The van der Waals surface area contributed by atoms with E-state index in [1.807, 2.05) is 0 Å². The molecule has 0 fully saturated rings. The average molecular weight is 303 g/mol. The Morgan fingerprint density at radius 2 is 1.62 bits per heavy atom. The van der Waals surface area contributed by atoms with Gasteiger partial charge in [-0.3, -0.25) is 4.79 Å². The maximum absolute atomic E-state index is 11.6. The van der Waals surface area contributed by atoms with Crippen LogP contribution in [0.2, 0.25) is 0 Å². The Morgan fingerprint density at radius 1 is 1.12 bits per heavy atom. The number of sulfonamides is 1. The fourth-order valence-corrected chi connectivity index (χ4v) is 2.18. The summed E-state index contributed by atoms with van der Waals surface area (Å²) in [4.78, 5) is 11.1. The van der Waals surface area contributed by atoms with E-state index in [9.17, 15) is 13.2 Å². The standard InChI is InChI=1S/C8H6Cl3NO3S/c9-8(10,11)7(13)12-16(14,15)6-4-2-1-3-5-6/h1-5H,(H,12,13). The molecule has 0 aliphatic rings. The van der Waals surface area contributed by atoms with Gasteiger partial charge in [0.05, 0.1) is 4.90 Å². The van der Waals surface area contributed by atoms with Crippen molar-refractivity contribution in [2.24, 2.45) is 0 Å². The predicted molar refractivity (Wildman–Crippen MR) is 62.1 cm³/mol. The highest BCUT2D eigenvalue weighted by Gasteiger charge is 2.34. The number of rotatable bonds is 2. The molecule has 0 atom stereocenters. The molecule has 0 spiro atoms. The van der Waals surface area contributed by atoms with Crippen LogP contribution in [-0.4, -0.2) is 18.1 Å². The van der Waals surface area contributed by atoms with Gasteiger partial charge in [0.25, 0.3) is 19.7 Å². The van der Waals surface area contributed by atoms with Gasteiger partial charge in [-0.2, -0.15) is 0 Å². The number of benzene rings is 1. The number of alkyl halides is 3. The van der Waals surface area contributed by atoms with Gasteiger partial charge in [0, 0.05) is 0 Å². The lowest BCUT2D eigenvalue weighted by atomic mass is 10.4. The Balaban J connectivity index is 2.95. The van der Waals surface area contributed by atoms with E-state index < -0.39 is 19.7 Å². The summed E-state index contributed by atoms with van der Waals surface area (Å²) in [5.41, 5.74) is 0. The molecule has 88 valence electrons. The summed E-state index contributed by atoms with van der Waals surface area (Å²) in [6, 6.07) is 7.28. The SMILES string of the molecule is O=C(NS(=O)(=O)c1ccccc1)C(Cl)(Cl)Cl. The normalized spacial score (nSPS) is 12.2. The van der Waals surface area contributed by atoms with E-state index in [1.54, 1.807) is 10.8 Å². The van der Waals surface area contributed by atoms with E-state index in [0.29, 0.717) is 0 Å². The minimum absolute atomic E-state index is 0.0856. The largest absolute Gasteiger partial charge is 0.285 e. The fourth-order valence-electron chi connectivity index (χ4n) is 0.838. The van der Waals surface area contributed by atoms with Crippen LogP contribution in [0.25, 0.3) is 0 Å². The first-order valence-electron chi connectivity index (χ1n) is 3.92. The topological polar surface area (TPSA) is 63.2 Å². The van der Waals surface area contributed by atoms with Gasteiger partial charge >= 0.3 is 0 Å². The second-order valence-electron chi connectivity index (χ2n) is 2.75. The molecule has 1 N–H and O–H groups in total. The minimum Gasteiger partial charge on any atom is -0.269 e. The molecular formula is C8H6Cl3NO3S. The number of carbonyl (C=O) groups excluding carboxylic acids is 1. The van der Waals surface area contributed by atoms with Crippen LogP contribution in [0, 0.1) is 0 Å². The molecule has 1 rings (SSSR count). The van der Waals surface area contributed by atoms with Gasteiger partial charge in [-0.15, -0.1) is 0 Å². The summed E-state index contributed by atoms with van der Waals surface area (Å²) in [6.07, 6.45) is 0. The highest BCUT2D eigenvalue weighted by atomic mass is 35.6. The molecular weight excluding hydrogens is 297 g/mol. The van der Waals surface area contributed by atoms with E-state index in [1.165, 1.54) is 24.3 Å². The van der Waals surface area contributed by atoms with Crippen molar-refractivity contribution >= 4 is 50.7 Å². The first-order valence-corrected chi connectivity index (χ1v) is 6.54. The van der Waals surface area contributed by atoms with Crippen molar-refractivity contribution in [3.63, 3.8) is 0 Å². The van der Waals surface area contributed by atoms with Gasteiger partial charge in [-0.1, -0.05) is 53.0 Å². The van der Waals surface area contributed by atoms with Gasteiger partial charge in [0.1, 0.15) is 0 Å². The van der Waals surface area contributed by atoms with Crippen LogP contribution >= 0.6 is 34.8 Å². The first-order chi connectivity index (χ1) is 7.23. The Morgan fingerprint density at radius 3 is 2.06 bits per heavy atom. The molecule has 1 aromatic rings. The molecule has 0 aliphatic heterocycles. The first kappa shape index (κ1) is 13.6. The van der Waals surface area contributed by atoms with Crippen LogP contribution in [0.4, 0.5) is 0 Å². The van der Waals surface area contributed by atoms with Crippen LogP contribution in [0.3, 0.4) is 0 Å². The summed E-state index contributed by atoms with van der Waals surface area (Å²) < 4.78 is 22.5. The molecule has 0 aromatic heterocycles. The second kappa shape index (κ2) is 4.79.